The Balaban J connectivity index is 1.90. The molecule has 1 heterocycles. The number of nitrogens with zero attached hydrogens (tertiary/aromatic N) is 1. The van der Waals surface area contributed by atoms with Gasteiger partial charge >= 0.3 is 12.0 Å². The third kappa shape index (κ3) is 6.30. The summed E-state index contributed by atoms with van der Waals surface area (Å²) in [5.74, 6) is -1.60. The molecule has 4 amide bonds. The third-order valence-electron chi connectivity index (χ3n) is 5.10. The predicted molar refractivity (Wildman–Crippen MR) is 113 cm³/mol. The van der Waals surface area contributed by atoms with Crippen molar-refractivity contribution in [3.8, 4) is 0 Å². The minimum Gasteiger partial charge on any atom is -0.455 e. The molecule has 2 rings (SSSR count). The molecule has 0 spiro atoms. The Hall–Kier alpha value is -2.90. The predicted octanol–water partition coefficient (Wildman–Crippen LogP) is 2.58. The molecule has 30 heavy (non-hydrogen) atoms. The minimum atomic E-state index is -0.715. The zero-order valence-electron chi connectivity index (χ0n) is 18.1. The third-order valence-corrected chi connectivity index (χ3v) is 5.10. The van der Waals surface area contributed by atoms with Crippen LogP contribution in [-0.4, -0.2) is 43.5 Å². The van der Waals surface area contributed by atoms with Gasteiger partial charge in [0.05, 0.1) is 5.92 Å². The van der Waals surface area contributed by atoms with Gasteiger partial charge in [0.1, 0.15) is 0 Å². The number of urea groups is 1. The number of nitrogens with one attached hydrogen (secondary N) is 2. The molecule has 1 aliphatic heterocycles. The first kappa shape index (κ1) is 23.4. The Bertz CT molecular complexity index is 793. The molecule has 0 aromatic heterocycles. The largest absolute Gasteiger partial charge is 0.455 e. The highest BCUT2D eigenvalue weighted by Gasteiger charge is 2.37. The summed E-state index contributed by atoms with van der Waals surface area (Å²) >= 11 is 0. The summed E-state index contributed by atoms with van der Waals surface area (Å²) in [6.45, 7) is 8.11. The van der Waals surface area contributed by atoms with Gasteiger partial charge in [-0.25, -0.2) is 4.79 Å². The number of rotatable bonds is 8. The Morgan fingerprint density at radius 3 is 2.57 bits per heavy atom. The minimum absolute atomic E-state index is 0.0319. The van der Waals surface area contributed by atoms with E-state index in [0.29, 0.717) is 6.54 Å². The average molecular weight is 418 g/mol. The van der Waals surface area contributed by atoms with Gasteiger partial charge in [-0.1, -0.05) is 45.9 Å². The van der Waals surface area contributed by atoms with Crippen LogP contribution in [0.3, 0.4) is 0 Å². The van der Waals surface area contributed by atoms with Gasteiger partial charge in [0.2, 0.25) is 5.91 Å². The Morgan fingerprint density at radius 1 is 1.20 bits per heavy atom. The summed E-state index contributed by atoms with van der Waals surface area (Å²) in [6.07, 6.45) is 0.967. The normalized spacial score (nSPS) is 17.0. The molecule has 8 nitrogen and oxygen atoms in total. The fourth-order valence-corrected chi connectivity index (χ4v) is 3.23. The van der Waals surface area contributed by atoms with E-state index in [1.807, 2.05) is 38.1 Å². The monoisotopic (exact) mass is 417 g/mol. The van der Waals surface area contributed by atoms with Crippen molar-refractivity contribution in [2.45, 2.75) is 46.5 Å². The van der Waals surface area contributed by atoms with Crippen LogP contribution in [0.5, 0.6) is 0 Å². The van der Waals surface area contributed by atoms with Crippen molar-refractivity contribution in [2.24, 2.45) is 11.8 Å². The van der Waals surface area contributed by atoms with Gasteiger partial charge in [-0.2, -0.15) is 0 Å². The molecule has 1 aromatic rings. The maximum absolute atomic E-state index is 12.5. The van der Waals surface area contributed by atoms with Gasteiger partial charge < -0.3 is 15.0 Å². The molecule has 2 N–H and O–H groups in total. The molecule has 1 aliphatic rings. The molecule has 1 saturated heterocycles. The van der Waals surface area contributed by atoms with Gasteiger partial charge in [0, 0.05) is 25.2 Å². The summed E-state index contributed by atoms with van der Waals surface area (Å²) < 4.78 is 5.04. The van der Waals surface area contributed by atoms with Gasteiger partial charge in [-0.05, 0) is 29.9 Å². The lowest BCUT2D eigenvalue weighted by Crippen LogP contribution is -2.42. The van der Waals surface area contributed by atoms with E-state index in [1.54, 1.807) is 4.90 Å². The highest BCUT2D eigenvalue weighted by molar-refractivity contribution is 6.00. The first-order valence-electron chi connectivity index (χ1n) is 10.4. The summed E-state index contributed by atoms with van der Waals surface area (Å²) in [6, 6.07) is 7.06. The number of ether oxygens (including phenoxy) is 1. The molecule has 8 heteroatoms. The number of carbonyl (C=O) groups is 4. The maximum atomic E-state index is 12.5. The van der Waals surface area contributed by atoms with Crippen LogP contribution in [0.4, 0.5) is 10.5 Å². The molecule has 2 atom stereocenters. The highest BCUT2D eigenvalue weighted by Crippen LogP contribution is 2.33. The average Bonchev–Trinajstić information content (AvgIpc) is 3.11. The van der Waals surface area contributed by atoms with Gasteiger partial charge in [0.25, 0.3) is 5.91 Å². The highest BCUT2D eigenvalue weighted by atomic mass is 16.5. The van der Waals surface area contributed by atoms with Crippen molar-refractivity contribution < 1.29 is 23.9 Å². The number of anilines is 1. The van der Waals surface area contributed by atoms with E-state index in [0.717, 1.165) is 17.7 Å². The second kappa shape index (κ2) is 10.8. The Morgan fingerprint density at radius 2 is 1.90 bits per heavy atom. The number of hydrogen-bond acceptors (Lipinski definition) is 5. The first-order valence-corrected chi connectivity index (χ1v) is 10.4. The molecule has 1 fully saturated rings. The van der Waals surface area contributed by atoms with Crippen molar-refractivity contribution in [1.29, 1.82) is 0 Å². The van der Waals surface area contributed by atoms with Crippen LogP contribution in [-0.2, 0) is 19.1 Å². The van der Waals surface area contributed by atoms with Crippen LogP contribution in [0.25, 0.3) is 0 Å². The summed E-state index contributed by atoms with van der Waals surface area (Å²) in [5.41, 5.74) is 1.88. The van der Waals surface area contributed by atoms with Gasteiger partial charge in [-0.3, -0.25) is 19.7 Å². The number of imide groups is 1. The van der Waals surface area contributed by atoms with Crippen LogP contribution >= 0.6 is 0 Å². The molecule has 0 aliphatic carbocycles. The number of hydrogen-bond donors (Lipinski definition) is 2. The molecule has 0 radical (unpaired) electrons. The second-order valence-corrected chi connectivity index (χ2v) is 8.03. The van der Waals surface area contributed by atoms with E-state index < -0.39 is 30.4 Å². The van der Waals surface area contributed by atoms with Crippen LogP contribution in [0.1, 0.15) is 52.0 Å². The quantitative estimate of drug-likeness (QED) is 0.633. The number of benzene rings is 1. The van der Waals surface area contributed by atoms with Crippen LogP contribution in [0.15, 0.2) is 24.3 Å². The molecule has 164 valence electrons. The van der Waals surface area contributed by atoms with E-state index in [9.17, 15) is 19.2 Å². The summed E-state index contributed by atoms with van der Waals surface area (Å²) in [4.78, 5) is 49.9. The zero-order chi connectivity index (χ0) is 22.3. The van der Waals surface area contributed by atoms with E-state index in [4.69, 9.17) is 4.74 Å². The fraction of sp³-hybridized carbons (Fsp3) is 0.545. The molecule has 0 unspecified atom stereocenters. The second-order valence-electron chi connectivity index (χ2n) is 8.03. The molecule has 0 saturated carbocycles. The molecular formula is C22H31N3O5. The smallest absolute Gasteiger partial charge is 0.321 e. The summed E-state index contributed by atoms with van der Waals surface area (Å²) in [5, 5.41) is 4.65. The van der Waals surface area contributed by atoms with Crippen molar-refractivity contribution >= 4 is 29.5 Å². The van der Waals surface area contributed by atoms with Crippen molar-refractivity contribution in [3.63, 3.8) is 0 Å². The summed E-state index contributed by atoms with van der Waals surface area (Å²) in [7, 11) is 0. The number of para-hydroxylation sites is 1. The lowest BCUT2D eigenvalue weighted by atomic mass is 9.96. The molecular weight excluding hydrogens is 386 g/mol. The zero-order valence-corrected chi connectivity index (χ0v) is 18.1. The first-order chi connectivity index (χ1) is 14.2. The standard InChI is InChI=1S/C22H31N3O5/c1-5-15(4)17-8-6-7-9-18(17)25-12-16(10-20(25)27)21(28)30-13-19(26)24-22(29)23-11-14(2)3/h6-9,14-16H,5,10-13H2,1-4H3,(H2,23,24,26,29)/t15-,16-/m1/s1. The number of esters is 1. The van der Waals surface area contributed by atoms with E-state index in [2.05, 4.69) is 24.5 Å². The van der Waals surface area contributed by atoms with Crippen LogP contribution in [0, 0.1) is 11.8 Å². The SMILES string of the molecule is CC[C@@H](C)c1ccccc1N1C[C@H](C(=O)OCC(=O)NC(=O)NCC(C)C)CC1=O. The lowest BCUT2D eigenvalue weighted by molar-refractivity contribution is -0.152. The Labute approximate surface area is 177 Å². The van der Waals surface area contributed by atoms with Crippen molar-refractivity contribution in [3.05, 3.63) is 29.8 Å². The van der Waals surface area contributed by atoms with E-state index >= 15 is 0 Å². The van der Waals surface area contributed by atoms with E-state index in [1.165, 1.54) is 0 Å². The van der Waals surface area contributed by atoms with Gasteiger partial charge in [-0.15, -0.1) is 0 Å². The van der Waals surface area contributed by atoms with Crippen molar-refractivity contribution in [2.75, 3.05) is 24.6 Å². The molecule has 0 bridgehead atoms. The van der Waals surface area contributed by atoms with Gasteiger partial charge in [0.15, 0.2) is 6.61 Å². The van der Waals surface area contributed by atoms with E-state index in [-0.39, 0.29) is 30.7 Å². The fourth-order valence-electron chi connectivity index (χ4n) is 3.23. The Kier molecular flexibility index (Phi) is 8.38. The lowest BCUT2D eigenvalue weighted by Gasteiger charge is -2.23. The molecule has 1 aromatic carbocycles. The van der Waals surface area contributed by atoms with Crippen LogP contribution in [0.2, 0.25) is 0 Å². The van der Waals surface area contributed by atoms with Crippen molar-refractivity contribution in [1.82, 2.24) is 10.6 Å². The number of carbonyl (C=O) groups excluding carboxylic acids is 4. The number of amides is 4. The topological polar surface area (TPSA) is 105 Å². The maximum Gasteiger partial charge on any atom is 0.321 e. The van der Waals surface area contributed by atoms with Crippen LogP contribution < -0.4 is 15.5 Å².